The predicted octanol–water partition coefficient (Wildman–Crippen LogP) is 4.20. The standard InChI is InChI=1S/C17H22ClN3OS/c1-2-8-21-15-7-6-13(18)11-14(15)19-17(21)23-12-16(22)20-9-4-3-5-10-20/h6-7,11H,2-5,8-10,12H2,1H3. The average molecular weight is 352 g/mol. The second-order valence-corrected chi connectivity index (χ2v) is 7.29. The number of likely N-dealkylation sites (tertiary alicyclic amines) is 1. The van der Waals surface area contributed by atoms with Crippen molar-refractivity contribution in [1.29, 1.82) is 0 Å². The van der Waals surface area contributed by atoms with Crippen LogP contribution in [0, 0.1) is 0 Å². The zero-order valence-corrected chi connectivity index (χ0v) is 15.0. The molecule has 23 heavy (non-hydrogen) atoms. The summed E-state index contributed by atoms with van der Waals surface area (Å²) in [6, 6.07) is 5.79. The molecule has 1 saturated heterocycles. The van der Waals surface area contributed by atoms with Crippen LogP contribution in [0.4, 0.5) is 0 Å². The van der Waals surface area contributed by atoms with Crippen molar-refractivity contribution in [3.8, 4) is 0 Å². The smallest absolute Gasteiger partial charge is 0.233 e. The Balaban J connectivity index is 1.76. The first-order valence-corrected chi connectivity index (χ1v) is 9.61. The number of thioether (sulfide) groups is 1. The molecule has 1 fully saturated rings. The number of hydrogen-bond donors (Lipinski definition) is 0. The minimum atomic E-state index is 0.225. The molecule has 124 valence electrons. The normalized spacial score (nSPS) is 15.3. The van der Waals surface area contributed by atoms with Gasteiger partial charge in [0.25, 0.3) is 0 Å². The van der Waals surface area contributed by atoms with Crippen LogP contribution < -0.4 is 0 Å². The van der Waals surface area contributed by atoms with Crippen molar-refractivity contribution in [3.63, 3.8) is 0 Å². The SMILES string of the molecule is CCCn1c(SCC(=O)N2CCCCC2)nc2cc(Cl)ccc21. The van der Waals surface area contributed by atoms with E-state index in [1.807, 2.05) is 23.1 Å². The van der Waals surface area contributed by atoms with Crippen LogP contribution in [0.25, 0.3) is 11.0 Å². The summed E-state index contributed by atoms with van der Waals surface area (Å²) < 4.78 is 2.19. The van der Waals surface area contributed by atoms with Gasteiger partial charge in [0, 0.05) is 24.7 Å². The van der Waals surface area contributed by atoms with Gasteiger partial charge in [0.15, 0.2) is 5.16 Å². The zero-order chi connectivity index (χ0) is 16.2. The maximum atomic E-state index is 12.4. The summed E-state index contributed by atoms with van der Waals surface area (Å²) in [7, 11) is 0. The number of benzene rings is 1. The van der Waals surface area contributed by atoms with Crippen molar-refractivity contribution in [2.45, 2.75) is 44.3 Å². The van der Waals surface area contributed by atoms with E-state index in [-0.39, 0.29) is 5.91 Å². The van der Waals surface area contributed by atoms with Crippen LogP contribution in [0.5, 0.6) is 0 Å². The van der Waals surface area contributed by atoms with Crippen LogP contribution in [0.3, 0.4) is 0 Å². The highest BCUT2D eigenvalue weighted by Crippen LogP contribution is 2.27. The lowest BCUT2D eigenvalue weighted by atomic mass is 10.1. The van der Waals surface area contributed by atoms with Gasteiger partial charge >= 0.3 is 0 Å². The van der Waals surface area contributed by atoms with Crippen molar-refractivity contribution in [2.75, 3.05) is 18.8 Å². The lowest BCUT2D eigenvalue weighted by Gasteiger charge is -2.26. The third-order valence-electron chi connectivity index (χ3n) is 4.16. The molecule has 0 radical (unpaired) electrons. The minimum Gasteiger partial charge on any atom is -0.342 e. The fourth-order valence-corrected chi connectivity index (χ4v) is 4.10. The van der Waals surface area contributed by atoms with Crippen LogP contribution in [-0.2, 0) is 11.3 Å². The van der Waals surface area contributed by atoms with Crippen LogP contribution in [0.1, 0.15) is 32.6 Å². The number of rotatable bonds is 5. The highest BCUT2D eigenvalue weighted by molar-refractivity contribution is 7.99. The molecule has 1 aliphatic heterocycles. The maximum absolute atomic E-state index is 12.4. The number of imidazole rings is 1. The summed E-state index contributed by atoms with van der Waals surface area (Å²) >= 11 is 7.61. The van der Waals surface area contributed by atoms with Gasteiger partial charge in [0.1, 0.15) is 0 Å². The molecule has 1 aromatic heterocycles. The van der Waals surface area contributed by atoms with E-state index in [0.717, 1.165) is 55.1 Å². The summed E-state index contributed by atoms with van der Waals surface area (Å²) in [5, 5.41) is 1.61. The van der Waals surface area contributed by atoms with Gasteiger partial charge in [-0.3, -0.25) is 4.79 Å². The Hall–Kier alpha value is -1.20. The van der Waals surface area contributed by atoms with Crippen LogP contribution in [0.15, 0.2) is 23.4 Å². The number of halogens is 1. The Morgan fingerprint density at radius 3 is 2.83 bits per heavy atom. The number of hydrogen-bond acceptors (Lipinski definition) is 3. The van der Waals surface area contributed by atoms with Crippen LogP contribution in [0.2, 0.25) is 5.02 Å². The van der Waals surface area contributed by atoms with Crippen molar-refractivity contribution < 1.29 is 4.79 Å². The molecule has 0 bridgehead atoms. The van der Waals surface area contributed by atoms with Crippen LogP contribution in [-0.4, -0.2) is 39.2 Å². The fourth-order valence-electron chi connectivity index (χ4n) is 2.99. The van der Waals surface area contributed by atoms with Gasteiger partial charge in [-0.15, -0.1) is 0 Å². The molecular formula is C17H22ClN3OS. The van der Waals surface area contributed by atoms with Gasteiger partial charge in [-0.25, -0.2) is 4.98 Å². The Bertz CT molecular complexity index is 694. The Labute approximate surface area is 146 Å². The van der Waals surface area contributed by atoms with Gasteiger partial charge in [-0.05, 0) is 43.9 Å². The average Bonchev–Trinajstić information content (AvgIpc) is 2.90. The third kappa shape index (κ3) is 3.83. The number of carbonyl (C=O) groups is 1. The molecule has 0 atom stereocenters. The fraction of sp³-hybridized carbons (Fsp3) is 0.529. The monoisotopic (exact) mass is 351 g/mol. The molecule has 0 N–H and O–H groups in total. The van der Waals surface area contributed by atoms with E-state index < -0.39 is 0 Å². The number of aryl methyl sites for hydroxylation is 1. The molecular weight excluding hydrogens is 330 g/mol. The maximum Gasteiger partial charge on any atom is 0.233 e. The highest BCUT2D eigenvalue weighted by Gasteiger charge is 2.18. The Kier molecular flexibility index (Phi) is 5.49. The first kappa shape index (κ1) is 16.7. The summed E-state index contributed by atoms with van der Waals surface area (Å²) in [6.45, 7) is 4.86. The molecule has 0 aliphatic carbocycles. The lowest BCUT2D eigenvalue weighted by Crippen LogP contribution is -2.36. The van der Waals surface area contributed by atoms with Crippen LogP contribution >= 0.6 is 23.4 Å². The molecule has 2 aromatic rings. The number of fused-ring (bicyclic) bond motifs is 1. The molecule has 0 spiro atoms. The molecule has 1 aromatic carbocycles. The van der Waals surface area contributed by atoms with E-state index in [0.29, 0.717) is 10.8 Å². The van der Waals surface area contributed by atoms with Crippen molar-refractivity contribution in [1.82, 2.24) is 14.5 Å². The van der Waals surface area contributed by atoms with E-state index in [1.54, 1.807) is 0 Å². The largest absolute Gasteiger partial charge is 0.342 e. The van der Waals surface area contributed by atoms with Crippen molar-refractivity contribution in [3.05, 3.63) is 23.2 Å². The van der Waals surface area contributed by atoms with Crippen molar-refractivity contribution >= 4 is 40.3 Å². The molecule has 4 nitrogen and oxygen atoms in total. The number of piperidine rings is 1. The molecule has 2 heterocycles. The molecule has 1 amide bonds. The molecule has 1 aliphatic rings. The quantitative estimate of drug-likeness (QED) is 0.757. The van der Waals surface area contributed by atoms with Gasteiger partial charge < -0.3 is 9.47 Å². The van der Waals surface area contributed by atoms with E-state index in [4.69, 9.17) is 11.6 Å². The van der Waals surface area contributed by atoms with Gasteiger partial charge in [0.05, 0.1) is 16.8 Å². The third-order valence-corrected chi connectivity index (χ3v) is 5.35. The molecule has 3 rings (SSSR count). The number of nitrogens with zero attached hydrogens (tertiary/aromatic N) is 3. The van der Waals surface area contributed by atoms with E-state index >= 15 is 0 Å². The topological polar surface area (TPSA) is 38.1 Å². The summed E-state index contributed by atoms with van der Waals surface area (Å²) in [5.74, 6) is 0.684. The lowest BCUT2D eigenvalue weighted by molar-refractivity contribution is -0.129. The van der Waals surface area contributed by atoms with Crippen molar-refractivity contribution in [2.24, 2.45) is 0 Å². The second kappa shape index (κ2) is 7.58. The highest BCUT2D eigenvalue weighted by atomic mass is 35.5. The summed E-state index contributed by atoms with van der Waals surface area (Å²) in [5.41, 5.74) is 1.99. The Morgan fingerprint density at radius 2 is 2.09 bits per heavy atom. The van der Waals surface area contributed by atoms with E-state index in [1.165, 1.54) is 18.2 Å². The van der Waals surface area contributed by atoms with Gasteiger partial charge in [0.2, 0.25) is 5.91 Å². The van der Waals surface area contributed by atoms with Gasteiger partial charge in [-0.2, -0.15) is 0 Å². The number of aromatic nitrogens is 2. The zero-order valence-electron chi connectivity index (χ0n) is 13.4. The summed E-state index contributed by atoms with van der Waals surface area (Å²) in [4.78, 5) is 19.0. The number of amides is 1. The second-order valence-electron chi connectivity index (χ2n) is 5.91. The summed E-state index contributed by atoms with van der Waals surface area (Å²) in [6.07, 6.45) is 4.53. The number of carbonyl (C=O) groups excluding carboxylic acids is 1. The first-order valence-electron chi connectivity index (χ1n) is 8.25. The Morgan fingerprint density at radius 1 is 1.30 bits per heavy atom. The minimum absolute atomic E-state index is 0.225. The first-order chi connectivity index (χ1) is 11.2. The molecule has 6 heteroatoms. The van der Waals surface area contributed by atoms with E-state index in [9.17, 15) is 4.79 Å². The predicted molar refractivity (Wildman–Crippen MR) is 96.2 cm³/mol. The van der Waals surface area contributed by atoms with E-state index in [2.05, 4.69) is 16.5 Å². The molecule has 0 saturated carbocycles. The van der Waals surface area contributed by atoms with Gasteiger partial charge in [-0.1, -0.05) is 30.3 Å². The molecule has 0 unspecified atom stereocenters.